The van der Waals surface area contributed by atoms with Crippen molar-refractivity contribution >= 4 is 23.2 Å². The van der Waals surface area contributed by atoms with Gasteiger partial charge in [-0.25, -0.2) is 0 Å². The molecule has 1 aliphatic carbocycles. The molecule has 1 aliphatic heterocycles. The zero-order chi connectivity index (χ0) is 13.4. The molecule has 1 aromatic rings. The second-order valence-corrected chi connectivity index (χ2v) is 5.38. The van der Waals surface area contributed by atoms with Crippen LogP contribution in [0.2, 0.25) is 0 Å². The maximum absolute atomic E-state index is 11.7. The maximum Gasteiger partial charge on any atom is 0.227 e. The van der Waals surface area contributed by atoms with Gasteiger partial charge in [0.25, 0.3) is 0 Å². The molecule has 0 radical (unpaired) electrons. The van der Waals surface area contributed by atoms with Crippen LogP contribution in [0.25, 0.3) is 0 Å². The van der Waals surface area contributed by atoms with E-state index in [4.69, 9.17) is 0 Å². The highest BCUT2D eigenvalue weighted by molar-refractivity contribution is 5.96. The van der Waals surface area contributed by atoms with E-state index in [-0.39, 0.29) is 17.7 Å². The Labute approximate surface area is 112 Å². The van der Waals surface area contributed by atoms with Gasteiger partial charge >= 0.3 is 0 Å². The highest BCUT2D eigenvalue weighted by Crippen LogP contribution is 2.32. The van der Waals surface area contributed by atoms with E-state index in [1.165, 1.54) is 0 Å². The van der Waals surface area contributed by atoms with Gasteiger partial charge in [-0.15, -0.1) is 0 Å². The number of amides is 2. The van der Waals surface area contributed by atoms with Gasteiger partial charge in [0, 0.05) is 30.8 Å². The Bertz CT molecular complexity index is 535. The maximum atomic E-state index is 11.7. The van der Waals surface area contributed by atoms with Crippen LogP contribution in [-0.2, 0) is 16.0 Å². The molecule has 0 saturated heterocycles. The van der Waals surface area contributed by atoms with E-state index < -0.39 is 0 Å². The summed E-state index contributed by atoms with van der Waals surface area (Å²) in [4.78, 5) is 25.1. The van der Waals surface area contributed by atoms with Crippen LogP contribution < -0.4 is 10.2 Å². The number of fused-ring (bicyclic) bond motifs is 1. The summed E-state index contributed by atoms with van der Waals surface area (Å²) in [5.74, 6) is 0.416. The van der Waals surface area contributed by atoms with Gasteiger partial charge in [-0.3, -0.25) is 9.59 Å². The van der Waals surface area contributed by atoms with Crippen molar-refractivity contribution in [1.29, 1.82) is 0 Å². The molecule has 0 spiro atoms. The minimum atomic E-state index is 0.0794. The van der Waals surface area contributed by atoms with Crippen LogP contribution in [0, 0.1) is 5.92 Å². The van der Waals surface area contributed by atoms with Crippen molar-refractivity contribution in [2.75, 3.05) is 16.8 Å². The van der Waals surface area contributed by atoms with Gasteiger partial charge in [0.1, 0.15) is 0 Å². The Morgan fingerprint density at radius 3 is 2.79 bits per heavy atom. The molecule has 1 saturated carbocycles. The van der Waals surface area contributed by atoms with Crippen LogP contribution in [-0.4, -0.2) is 18.4 Å². The van der Waals surface area contributed by atoms with Gasteiger partial charge in [0.05, 0.1) is 0 Å². The number of carbonyl (C=O) groups excluding carboxylic acids is 2. The second-order valence-electron chi connectivity index (χ2n) is 5.38. The number of hydrogen-bond donors (Lipinski definition) is 1. The van der Waals surface area contributed by atoms with E-state index in [1.54, 1.807) is 6.92 Å². The lowest BCUT2D eigenvalue weighted by Crippen LogP contribution is -2.33. The van der Waals surface area contributed by atoms with Crippen molar-refractivity contribution < 1.29 is 9.59 Å². The molecule has 2 amide bonds. The number of benzene rings is 1. The number of aryl methyl sites for hydroxylation is 1. The van der Waals surface area contributed by atoms with E-state index in [0.29, 0.717) is 0 Å². The van der Waals surface area contributed by atoms with Crippen molar-refractivity contribution in [3.63, 3.8) is 0 Å². The van der Waals surface area contributed by atoms with Gasteiger partial charge in [-0.2, -0.15) is 0 Å². The van der Waals surface area contributed by atoms with E-state index in [2.05, 4.69) is 5.32 Å². The standard InChI is InChI=1S/C15H18N2O2/c1-10(18)17-8-2-3-12-9-13(6-7-14(12)17)16-15(19)11-4-5-11/h6-7,9,11H,2-5,8H2,1H3,(H,16,19). The molecule has 100 valence electrons. The highest BCUT2D eigenvalue weighted by Gasteiger charge is 2.29. The molecule has 2 aliphatic rings. The number of anilines is 2. The van der Waals surface area contributed by atoms with Gasteiger partial charge < -0.3 is 10.2 Å². The summed E-state index contributed by atoms with van der Waals surface area (Å²) in [6.45, 7) is 2.38. The molecule has 3 rings (SSSR count). The Hall–Kier alpha value is -1.84. The van der Waals surface area contributed by atoms with Gasteiger partial charge in [0.15, 0.2) is 0 Å². The summed E-state index contributed by atoms with van der Waals surface area (Å²) in [7, 11) is 0. The summed E-state index contributed by atoms with van der Waals surface area (Å²) in [5, 5.41) is 2.96. The third-order valence-electron chi connectivity index (χ3n) is 3.79. The average Bonchev–Trinajstić information content (AvgIpc) is 3.21. The second kappa shape index (κ2) is 4.68. The van der Waals surface area contributed by atoms with Crippen molar-refractivity contribution in [1.82, 2.24) is 0 Å². The summed E-state index contributed by atoms with van der Waals surface area (Å²) in [6, 6.07) is 5.84. The predicted octanol–water partition coefficient (Wildman–Crippen LogP) is 2.33. The number of carbonyl (C=O) groups is 2. The molecule has 0 atom stereocenters. The number of rotatable bonds is 2. The fraction of sp³-hybridized carbons (Fsp3) is 0.467. The zero-order valence-corrected chi connectivity index (χ0v) is 11.1. The van der Waals surface area contributed by atoms with Crippen molar-refractivity contribution in [3.05, 3.63) is 23.8 Å². The largest absolute Gasteiger partial charge is 0.326 e. The third kappa shape index (κ3) is 2.48. The summed E-state index contributed by atoms with van der Waals surface area (Å²) in [6.07, 6.45) is 3.96. The third-order valence-corrected chi connectivity index (χ3v) is 3.79. The summed E-state index contributed by atoms with van der Waals surface area (Å²) < 4.78 is 0. The summed E-state index contributed by atoms with van der Waals surface area (Å²) in [5.41, 5.74) is 2.99. The molecule has 0 bridgehead atoms. The molecular weight excluding hydrogens is 240 g/mol. The van der Waals surface area contributed by atoms with Crippen LogP contribution in [0.5, 0.6) is 0 Å². The van der Waals surface area contributed by atoms with Crippen LogP contribution in [0.1, 0.15) is 31.7 Å². The van der Waals surface area contributed by atoms with Crippen molar-refractivity contribution in [2.24, 2.45) is 5.92 Å². The highest BCUT2D eigenvalue weighted by atomic mass is 16.2. The van der Waals surface area contributed by atoms with Crippen LogP contribution in [0.3, 0.4) is 0 Å². The quantitative estimate of drug-likeness (QED) is 0.885. The van der Waals surface area contributed by atoms with Crippen LogP contribution in [0.4, 0.5) is 11.4 Å². The molecule has 1 heterocycles. The first kappa shape index (κ1) is 12.2. The van der Waals surface area contributed by atoms with E-state index in [9.17, 15) is 9.59 Å². The Kier molecular flexibility index (Phi) is 3.01. The number of nitrogens with one attached hydrogen (secondary N) is 1. The molecule has 1 fully saturated rings. The smallest absolute Gasteiger partial charge is 0.227 e. The Morgan fingerprint density at radius 2 is 2.11 bits per heavy atom. The van der Waals surface area contributed by atoms with Gasteiger partial charge in [0.2, 0.25) is 11.8 Å². The van der Waals surface area contributed by atoms with E-state index >= 15 is 0 Å². The van der Waals surface area contributed by atoms with E-state index in [0.717, 1.165) is 49.2 Å². The molecule has 1 aromatic carbocycles. The lowest BCUT2D eigenvalue weighted by Gasteiger charge is -2.29. The van der Waals surface area contributed by atoms with Gasteiger partial charge in [-0.05, 0) is 49.4 Å². The Balaban J connectivity index is 1.82. The number of nitrogens with zero attached hydrogens (tertiary/aromatic N) is 1. The van der Waals surface area contributed by atoms with Crippen LogP contribution in [0.15, 0.2) is 18.2 Å². The first-order chi connectivity index (χ1) is 9.15. The Morgan fingerprint density at radius 1 is 1.32 bits per heavy atom. The summed E-state index contributed by atoms with van der Waals surface area (Å²) >= 11 is 0. The normalized spacial score (nSPS) is 17.8. The van der Waals surface area contributed by atoms with Crippen molar-refractivity contribution in [3.8, 4) is 0 Å². The molecule has 4 heteroatoms. The lowest BCUT2D eigenvalue weighted by molar-refractivity contribution is -0.117. The van der Waals surface area contributed by atoms with Gasteiger partial charge in [-0.1, -0.05) is 0 Å². The average molecular weight is 258 g/mol. The first-order valence-corrected chi connectivity index (χ1v) is 6.87. The monoisotopic (exact) mass is 258 g/mol. The van der Waals surface area contributed by atoms with E-state index in [1.807, 2.05) is 23.1 Å². The fourth-order valence-electron chi connectivity index (χ4n) is 2.59. The van der Waals surface area contributed by atoms with Crippen molar-refractivity contribution in [2.45, 2.75) is 32.6 Å². The lowest BCUT2D eigenvalue weighted by atomic mass is 10.0. The molecule has 0 aromatic heterocycles. The molecule has 0 unspecified atom stereocenters. The molecule has 1 N–H and O–H groups in total. The molecule has 19 heavy (non-hydrogen) atoms. The first-order valence-electron chi connectivity index (χ1n) is 6.87. The molecule has 4 nitrogen and oxygen atoms in total. The predicted molar refractivity (Wildman–Crippen MR) is 74.1 cm³/mol. The fourth-order valence-corrected chi connectivity index (χ4v) is 2.59. The SMILES string of the molecule is CC(=O)N1CCCc2cc(NC(=O)C3CC3)ccc21. The molecular formula is C15H18N2O2. The topological polar surface area (TPSA) is 49.4 Å². The number of hydrogen-bond acceptors (Lipinski definition) is 2. The zero-order valence-electron chi connectivity index (χ0n) is 11.1. The minimum Gasteiger partial charge on any atom is -0.326 e. The minimum absolute atomic E-state index is 0.0794. The van der Waals surface area contributed by atoms with Crippen LogP contribution >= 0.6 is 0 Å².